The maximum absolute atomic E-state index is 12.4. The number of para-hydroxylation sites is 1. The van der Waals surface area contributed by atoms with Crippen LogP contribution in [0, 0.1) is 0 Å². The predicted molar refractivity (Wildman–Crippen MR) is 126 cm³/mol. The van der Waals surface area contributed by atoms with Gasteiger partial charge in [0.1, 0.15) is 12.2 Å². The Morgan fingerprint density at radius 2 is 1.78 bits per heavy atom. The summed E-state index contributed by atoms with van der Waals surface area (Å²) in [5, 5.41) is 11.0. The van der Waals surface area contributed by atoms with Crippen molar-refractivity contribution in [1.29, 1.82) is 0 Å². The van der Waals surface area contributed by atoms with Crippen LogP contribution in [0.5, 0.6) is 0 Å². The Labute approximate surface area is 193 Å². The molecule has 0 radical (unpaired) electrons. The standard InChI is InChI=1S/C24H20BrN5O2/c25-19-10-8-18(9-11-19)23(31)13-12-22-7-4-14-29(22)15-21-16-30(28-27-21)17-24(32)26-20-5-2-1-3-6-20/h1-14,16H,15,17H2,(H,26,32)/b13-12+. The zero-order valence-electron chi connectivity index (χ0n) is 17.1. The van der Waals surface area contributed by atoms with E-state index in [-0.39, 0.29) is 18.2 Å². The van der Waals surface area contributed by atoms with Crippen LogP contribution in [-0.2, 0) is 17.9 Å². The number of halogens is 1. The number of hydrogen-bond donors (Lipinski definition) is 1. The van der Waals surface area contributed by atoms with E-state index >= 15 is 0 Å². The zero-order chi connectivity index (χ0) is 22.3. The first-order valence-electron chi connectivity index (χ1n) is 9.94. The van der Waals surface area contributed by atoms with Crippen LogP contribution < -0.4 is 5.32 Å². The van der Waals surface area contributed by atoms with Crippen molar-refractivity contribution in [2.24, 2.45) is 0 Å². The van der Waals surface area contributed by atoms with Crippen LogP contribution in [0.2, 0.25) is 0 Å². The maximum Gasteiger partial charge on any atom is 0.246 e. The highest BCUT2D eigenvalue weighted by Gasteiger charge is 2.08. The molecule has 1 N–H and O–H groups in total. The number of carbonyl (C=O) groups excluding carboxylic acids is 2. The molecular weight excluding hydrogens is 470 g/mol. The normalized spacial score (nSPS) is 11.0. The zero-order valence-corrected chi connectivity index (χ0v) is 18.6. The Balaban J connectivity index is 1.37. The molecule has 0 saturated carbocycles. The van der Waals surface area contributed by atoms with Crippen molar-refractivity contribution in [1.82, 2.24) is 19.6 Å². The van der Waals surface area contributed by atoms with Gasteiger partial charge in [-0.2, -0.15) is 0 Å². The van der Waals surface area contributed by atoms with Gasteiger partial charge >= 0.3 is 0 Å². The second-order valence-electron chi connectivity index (χ2n) is 7.09. The first kappa shape index (κ1) is 21.5. The average Bonchev–Trinajstić information content (AvgIpc) is 3.42. The van der Waals surface area contributed by atoms with Gasteiger partial charge in [0.15, 0.2) is 5.78 Å². The molecule has 0 saturated heterocycles. The Morgan fingerprint density at radius 1 is 1.00 bits per heavy atom. The van der Waals surface area contributed by atoms with Gasteiger partial charge < -0.3 is 9.88 Å². The minimum absolute atomic E-state index is 0.0689. The van der Waals surface area contributed by atoms with Gasteiger partial charge in [0.25, 0.3) is 0 Å². The van der Waals surface area contributed by atoms with E-state index in [0.29, 0.717) is 17.8 Å². The van der Waals surface area contributed by atoms with Gasteiger partial charge in [0, 0.05) is 27.6 Å². The summed E-state index contributed by atoms with van der Waals surface area (Å²) in [5.41, 5.74) is 2.94. The third kappa shape index (κ3) is 5.67. The summed E-state index contributed by atoms with van der Waals surface area (Å²) >= 11 is 3.37. The Bertz CT molecular complexity index is 1240. The molecule has 0 bridgehead atoms. The molecule has 0 aliphatic carbocycles. The number of nitrogens with one attached hydrogen (secondary N) is 1. The maximum atomic E-state index is 12.4. The van der Waals surface area contributed by atoms with E-state index in [9.17, 15) is 9.59 Å². The van der Waals surface area contributed by atoms with E-state index in [1.165, 1.54) is 4.68 Å². The number of hydrogen-bond acceptors (Lipinski definition) is 4. The van der Waals surface area contributed by atoms with Crippen molar-refractivity contribution in [2.45, 2.75) is 13.1 Å². The molecule has 0 spiro atoms. The van der Waals surface area contributed by atoms with Gasteiger partial charge in [0.05, 0.1) is 12.7 Å². The number of nitrogens with zero attached hydrogens (tertiary/aromatic N) is 4. The third-order valence-corrected chi connectivity index (χ3v) is 5.21. The Morgan fingerprint density at radius 3 is 2.56 bits per heavy atom. The lowest BCUT2D eigenvalue weighted by Crippen LogP contribution is -2.19. The van der Waals surface area contributed by atoms with E-state index in [1.54, 1.807) is 30.5 Å². The summed E-state index contributed by atoms with van der Waals surface area (Å²) in [6, 6.07) is 20.3. The molecule has 0 aliphatic rings. The molecular formula is C24H20BrN5O2. The highest BCUT2D eigenvalue weighted by atomic mass is 79.9. The third-order valence-electron chi connectivity index (χ3n) is 4.68. The van der Waals surface area contributed by atoms with E-state index < -0.39 is 0 Å². The van der Waals surface area contributed by atoms with Gasteiger partial charge in [-0.1, -0.05) is 39.3 Å². The molecule has 8 heteroatoms. The van der Waals surface area contributed by atoms with Crippen molar-refractivity contribution in [2.75, 3.05) is 5.32 Å². The van der Waals surface area contributed by atoms with Crippen LogP contribution in [0.1, 0.15) is 21.7 Å². The topological polar surface area (TPSA) is 81.8 Å². The summed E-state index contributed by atoms with van der Waals surface area (Å²) in [7, 11) is 0. The monoisotopic (exact) mass is 489 g/mol. The quantitative estimate of drug-likeness (QED) is 0.293. The number of anilines is 1. The molecule has 0 unspecified atom stereocenters. The van der Waals surface area contributed by atoms with Crippen molar-refractivity contribution in [3.05, 3.63) is 107 Å². The van der Waals surface area contributed by atoms with Crippen LogP contribution in [0.4, 0.5) is 5.69 Å². The molecule has 2 heterocycles. The van der Waals surface area contributed by atoms with Crippen LogP contribution in [0.25, 0.3) is 6.08 Å². The summed E-state index contributed by atoms with van der Waals surface area (Å²) in [5.74, 6) is -0.246. The number of allylic oxidation sites excluding steroid dienone is 1. The number of ketones is 1. The molecule has 1 amide bonds. The van der Waals surface area contributed by atoms with Crippen LogP contribution >= 0.6 is 15.9 Å². The SMILES string of the molecule is O=C(Cn1cc(Cn2cccc2/C=C/C(=O)c2ccc(Br)cc2)nn1)Nc1ccccc1. The second kappa shape index (κ2) is 10.0. The Hall–Kier alpha value is -3.78. The highest BCUT2D eigenvalue weighted by Crippen LogP contribution is 2.13. The van der Waals surface area contributed by atoms with E-state index in [2.05, 4.69) is 31.6 Å². The van der Waals surface area contributed by atoms with E-state index in [4.69, 9.17) is 0 Å². The molecule has 4 rings (SSSR count). The van der Waals surface area contributed by atoms with Gasteiger partial charge in [-0.15, -0.1) is 5.10 Å². The lowest BCUT2D eigenvalue weighted by atomic mass is 10.1. The van der Waals surface area contributed by atoms with Crippen molar-refractivity contribution in [3.63, 3.8) is 0 Å². The summed E-state index contributed by atoms with van der Waals surface area (Å²) < 4.78 is 4.39. The first-order valence-corrected chi connectivity index (χ1v) is 10.7. The minimum Gasteiger partial charge on any atom is -0.342 e. The number of benzene rings is 2. The first-order chi connectivity index (χ1) is 15.6. The lowest BCUT2D eigenvalue weighted by Gasteiger charge is -2.04. The van der Waals surface area contributed by atoms with Crippen molar-refractivity contribution in [3.8, 4) is 0 Å². The highest BCUT2D eigenvalue weighted by molar-refractivity contribution is 9.10. The fraction of sp³-hybridized carbons (Fsp3) is 0.0833. The van der Waals surface area contributed by atoms with Crippen molar-refractivity contribution < 1.29 is 9.59 Å². The summed E-state index contributed by atoms with van der Waals surface area (Å²) in [6.07, 6.45) is 6.98. The largest absolute Gasteiger partial charge is 0.342 e. The minimum atomic E-state index is -0.177. The smallest absolute Gasteiger partial charge is 0.246 e. The molecule has 2 aromatic heterocycles. The fourth-order valence-electron chi connectivity index (χ4n) is 3.13. The molecule has 2 aromatic carbocycles. The van der Waals surface area contributed by atoms with E-state index in [0.717, 1.165) is 15.9 Å². The predicted octanol–water partition coefficient (Wildman–Crippen LogP) is 4.43. The molecule has 4 aromatic rings. The summed E-state index contributed by atoms with van der Waals surface area (Å²) in [6.45, 7) is 0.543. The van der Waals surface area contributed by atoms with E-state index in [1.807, 2.05) is 65.4 Å². The molecule has 7 nitrogen and oxygen atoms in total. The fourth-order valence-corrected chi connectivity index (χ4v) is 3.39. The van der Waals surface area contributed by atoms with Gasteiger partial charge in [0.2, 0.25) is 5.91 Å². The van der Waals surface area contributed by atoms with Crippen LogP contribution in [-0.4, -0.2) is 31.3 Å². The summed E-state index contributed by atoms with van der Waals surface area (Å²) in [4.78, 5) is 24.6. The lowest BCUT2D eigenvalue weighted by molar-refractivity contribution is -0.116. The van der Waals surface area contributed by atoms with Gasteiger partial charge in [-0.25, -0.2) is 4.68 Å². The number of aromatic nitrogens is 4. The molecule has 32 heavy (non-hydrogen) atoms. The molecule has 0 atom stereocenters. The van der Waals surface area contributed by atoms with Crippen LogP contribution in [0.15, 0.2) is 89.7 Å². The number of amides is 1. The van der Waals surface area contributed by atoms with Crippen molar-refractivity contribution >= 4 is 39.4 Å². The van der Waals surface area contributed by atoms with Gasteiger partial charge in [-0.05, 0) is 60.7 Å². The molecule has 0 fully saturated rings. The van der Waals surface area contributed by atoms with Gasteiger partial charge in [-0.3, -0.25) is 9.59 Å². The molecule has 0 aliphatic heterocycles. The Kier molecular flexibility index (Phi) is 6.72. The number of carbonyl (C=O) groups is 2. The van der Waals surface area contributed by atoms with Crippen LogP contribution in [0.3, 0.4) is 0 Å². The number of rotatable bonds is 8. The molecule has 160 valence electrons. The second-order valence-corrected chi connectivity index (χ2v) is 8.00. The average molecular weight is 490 g/mol.